The Morgan fingerprint density at radius 2 is 1.77 bits per heavy atom. The lowest BCUT2D eigenvalue weighted by Crippen LogP contribution is -2.56. The lowest BCUT2D eigenvalue weighted by molar-refractivity contribution is -0.144. The SMILES string of the molecule is CC(NC(=O)C1CCCN1C(=O)C(N)CC(N)=O)C(=O)NC(CCC(=O)O)C(=O)O. The van der Waals surface area contributed by atoms with Crippen molar-refractivity contribution in [3.8, 4) is 0 Å². The van der Waals surface area contributed by atoms with Gasteiger partial charge in [0, 0.05) is 13.0 Å². The largest absolute Gasteiger partial charge is 0.481 e. The number of amides is 4. The second-order valence-electron chi connectivity index (χ2n) is 7.03. The zero-order chi connectivity index (χ0) is 23.0. The standard InChI is InChI=1S/C17H27N5O8/c1-8(14(26)21-10(17(29)30)4-5-13(24)25)20-15(27)11-3-2-6-22(11)16(28)9(18)7-12(19)23/h8-11H,2-7,18H2,1H3,(H2,19,23)(H,20,27)(H,21,26)(H,24,25)(H,29,30). The van der Waals surface area contributed by atoms with Gasteiger partial charge in [0.1, 0.15) is 18.1 Å². The van der Waals surface area contributed by atoms with Crippen LogP contribution in [0.5, 0.6) is 0 Å². The Morgan fingerprint density at radius 3 is 2.30 bits per heavy atom. The van der Waals surface area contributed by atoms with Gasteiger partial charge < -0.3 is 37.2 Å². The Kier molecular flexibility index (Phi) is 9.17. The maximum absolute atomic E-state index is 12.5. The number of nitrogens with one attached hydrogen (secondary N) is 2. The number of hydrogen-bond donors (Lipinski definition) is 6. The number of carbonyl (C=O) groups is 6. The van der Waals surface area contributed by atoms with Gasteiger partial charge >= 0.3 is 11.9 Å². The summed E-state index contributed by atoms with van der Waals surface area (Å²) in [7, 11) is 0. The van der Waals surface area contributed by atoms with Crippen molar-refractivity contribution < 1.29 is 39.0 Å². The van der Waals surface area contributed by atoms with Crippen LogP contribution in [0.1, 0.15) is 39.0 Å². The Hall–Kier alpha value is -3.22. The van der Waals surface area contributed by atoms with Crippen molar-refractivity contribution in [1.29, 1.82) is 0 Å². The summed E-state index contributed by atoms with van der Waals surface area (Å²) in [5.74, 6) is -5.42. The molecule has 4 atom stereocenters. The first-order valence-corrected chi connectivity index (χ1v) is 9.33. The number of nitrogens with two attached hydrogens (primary N) is 2. The number of carboxylic acid groups (broad SMARTS) is 2. The van der Waals surface area contributed by atoms with Gasteiger partial charge in [-0.2, -0.15) is 0 Å². The molecule has 168 valence electrons. The van der Waals surface area contributed by atoms with Crippen LogP contribution < -0.4 is 22.1 Å². The molecule has 0 aromatic rings. The van der Waals surface area contributed by atoms with Crippen LogP contribution in [0.25, 0.3) is 0 Å². The average molecular weight is 429 g/mol. The fourth-order valence-electron chi connectivity index (χ4n) is 3.02. The van der Waals surface area contributed by atoms with Crippen LogP contribution >= 0.6 is 0 Å². The molecule has 1 saturated heterocycles. The summed E-state index contributed by atoms with van der Waals surface area (Å²) < 4.78 is 0. The molecule has 0 aliphatic carbocycles. The molecule has 1 rings (SSSR count). The van der Waals surface area contributed by atoms with Crippen molar-refractivity contribution in [3.63, 3.8) is 0 Å². The molecule has 0 radical (unpaired) electrons. The summed E-state index contributed by atoms with van der Waals surface area (Å²) in [6.07, 6.45) is -0.298. The van der Waals surface area contributed by atoms with E-state index in [2.05, 4.69) is 10.6 Å². The van der Waals surface area contributed by atoms with Crippen LogP contribution in [0.4, 0.5) is 0 Å². The first kappa shape index (κ1) is 24.8. The predicted octanol–water partition coefficient (Wildman–Crippen LogP) is -2.88. The van der Waals surface area contributed by atoms with Gasteiger partial charge in [0.2, 0.25) is 23.6 Å². The lowest BCUT2D eigenvalue weighted by atomic mass is 10.1. The van der Waals surface area contributed by atoms with Crippen molar-refractivity contribution in [2.45, 2.75) is 63.2 Å². The van der Waals surface area contributed by atoms with E-state index in [-0.39, 0.29) is 19.4 Å². The fraction of sp³-hybridized carbons (Fsp3) is 0.647. The third-order valence-corrected chi connectivity index (χ3v) is 4.59. The number of hydrogen-bond acceptors (Lipinski definition) is 7. The first-order chi connectivity index (χ1) is 13.9. The van der Waals surface area contributed by atoms with Crippen molar-refractivity contribution in [2.75, 3.05) is 6.54 Å². The molecule has 13 nitrogen and oxygen atoms in total. The summed E-state index contributed by atoms with van der Waals surface area (Å²) in [4.78, 5) is 71.1. The van der Waals surface area contributed by atoms with E-state index in [1.165, 1.54) is 11.8 Å². The van der Waals surface area contributed by atoms with E-state index in [9.17, 15) is 28.8 Å². The van der Waals surface area contributed by atoms with Crippen LogP contribution in [0.3, 0.4) is 0 Å². The predicted molar refractivity (Wildman–Crippen MR) is 101 cm³/mol. The van der Waals surface area contributed by atoms with Gasteiger partial charge in [0.05, 0.1) is 12.5 Å². The van der Waals surface area contributed by atoms with Gasteiger partial charge in [-0.15, -0.1) is 0 Å². The molecular weight excluding hydrogens is 402 g/mol. The third kappa shape index (κ3) is 7.31. The smallest absolute Gasteiger partial charge is 0.326 e. The van der Waals surface area contributed by atoms with Gasteiger partial charge in [-0.3, -0.25) is 24.0 Å². The minimum Gasteiger partial charge on any atom is -0.481 e. The zero-order valence-corrected chi connectivity index (χ0v) is 16.5. The number of carboxylic acids is 2. The summed E-state index contributed by atoms with van der Waals surface area (Å²) in [5, 5.41) is 22.3. The van der Waals surface area contributed by atoms with Crippen LogP contribution in [0.2, 0.25) is 0 Å². The Labute approximate surface area is 172 Å². The van der Waals surface area contributed by atoms with Gasteiger partial charge in [-0.1, -0.05) is 0 Å². The third-order valence-electron chi connectivity index (χ3n) is 4.59. The number of carbonyl (C=O) groups excluding carboxylic acids is 4. The van der Waals surface area contributed by atoms with E-state index >= 15 is 0 Å². The molecule has 1 aliphatic rings. The summed E-state index contributed by atoms with van der Waals surface area (Å²) in [6.45, 7) is 1.57. The van der Waals surface area contributed by atoms with Crippen LogP contribution in [-0.2, 0) is 28.8 Å². The molecule has 8 N–H and O–H groups in total. The molecule has 0 bridgehead atoms. The Balaban J connectivity index is 2.69. The topological polar surface area (TPSA) is 222 Å². The normalized spacial score (nSPS) is 18.7. The molecule has 4 unspecified atom stereocenters. The first-order valence-electron chi connectivity index (χ1n) is 9.33. The zero-order valence-electron chi connectivity index (χ0n) is 16.5. The van der Waals surface area contributed by atoms with Gasteiger partial charge in [-0.25, -0.2) is 4.79 Å². The van der Waals surface area contributed by atoms with Crippen molar-refractivity contribution in [3.05, 3.63) is 0 Å². The minimum absolute atomic E-state index is 0.250. The molecule has 0 aromatic carbocycles. The van der Waals surface area contributed by atoms with Gasteiger partial charge in [0.15, 0.2) is 0 Å². The molecule has 30 heavy (non-hydrogen) atoms. The summed E-state index contributed by atoms with van der Waals surface area (Å²) in [5.41, 5.74) is 10.7. The molecule has 0 aromatic heterocycles. The fourth-order valence-corrected chi connectivity index (χ4v) is 3.02. The second-order valence-corrected chi connectivity index (χ2v) is 7.03. The van der Waals surface area contributed by atoms with Crippen molar-refractivity contribution in [1.82, 2.24) is 15.5 Å². The van der Waals surface area contributed by atoms with Crippen LogP contribution in [-0.4, -0.2) is 81.4 Å². The molecule has 13 heteroatoms. The summed E-state index contributed by atoms with van der Waals surface area (Å²) in [6, 6.07) is -4.64. The molecule has 1 fully saturated rings. The summed E-state index contributed by atoms with van der Waals surface area (Å²) >= 11 is 0. The van der Waals surface area contributed by atoms with Crippen LogP contribution in [0, 0.1) is 0 Å². The second kappa shape index (κ2) is 11.1. The molecule has 1 heterocycles. The van der Waals surface area contributed by atoms with E-state index in [0.29, 0.717) is 12.8 Å². The number of nitrogens with zero attached hydrogens (tertiary/aromatic N) is 1. The highest BCUT2D eigenvalue weighted by Crippen LogP contribution is 2.19. The highest BCUT2D eigenvalue weighted by Gasteiger charge is 2.37. The highest BCUT2D eigenvalue weighted by atomic mass is 16.4. The molecule has 1 aliphatic heterocycles. The lowest BCUT2D eigenvalue weighted by Gasteiger charge is -2.27. The van der Waals surface area contributed by atoms with E-state index in [4.69, 9.17) is 21.7 Å². The van der Waals surface area contributed by atoms with E-state index < -0.39 is 66.2 Å². The molecule has 0 spiro atoms. The van der Waals surface area contributed by atoms with Gasteiger partial charge in [0.25, 0.3) is 0 Å². The quantitative estimate of drug-likeness (QED) is 0.198. The maximum Gasteiger partial charge on any atom is 0.326 e. The monoisotopic (exact) mass is 429 g/mol. The van der Waals surface area contributed by atoms with Crippen LogP contribution in [0.15, 0.2) is 0 Å². The number of likely N-dealkylation sites (tertiary alicyclic amines) is 1. The van der Waals surface area contributed by atoms with Crippen molar-refractivity contribution >= 4 is 35.6 Å². The Bertz CT molecular complexity index is 712. The highest BCUT2D eigenvalue weighted by molar-refractivity contribution is 5.95. The maximum atomic E-state index is 12.5. The Morgan fingerprint density at radius 1 is 1.13 bits per heavy atom. The molecule has 4 amide bonds. The van der Waals surface area contributed by atoms with E-state index in [1.54, 1.807) is 0 Å². The number of aliphatic carboxylic acids is 2. The number of rotatable bonds is 11. The van der Waals surface area contributed by atoms with E-state index in [0.717, 1.165) is 0 Å². The van der Waals surface area contributed by atoms with E-state index in [1.807, 2.05) is 0 Å². The number of primary amides is 1. The average Bonchev–Trinajstić information content (AvgIpc) is 3.12. The molecular formula is C17H27N5O8. The van der Waals surface area contributed by atoms with Crippen molar-refractivity contribution in [2.24, 2.45) is 11.5 Å². The molecule has 0 saturated carbocycles. The van der Waals surface area contributed by atoms with Gasteiger partial charge in [-0.05, 0) is 26.2 Å². The minimum atomic E-state index is -1.43.